The van der Waals surface area contributed by atoms with Gasteiger partial charge in [0.2, 0.25) is 0 Å². The summed E-state index contributed by atoms with van der Waals surface area (Å²) >= 11 is 0. The Morgan fingerprint density at radius 2 is 2.04 bits per heavy atom. The van der Waals surface area contributed by atoms with E-state index < -0.39 is 11.3 Å². The van der Waals surface area contributed by atoms with Crippen LogP contribution in [0.3, 0.4) is 0 Å². The summed E-state index contributed by atoms with van der Waals surface area (Å²) in [6.07, 6.45) is 3.87. The first-order valence-corrected chi connectivity index (χ1v) is 8.78. The smallest absolute Gasteiger partial charge is 0.257 e. The average Bonchev–Trinajstić information content (AvgIpc) is 3.20. The Bertz CT molecular complexity index is 733. The van der Waals surface area contributed by atoms with Crippen molar-refractivity contribution in [1.29, 1.82) is 0 Å². The lowest BCUT2D eigenvalue weighted by molar-refractivity contribution is -0.159. The Kier molecular flexibility index (Phi) is 4.02. The third kappa shape index (κ3) is 3.03. The first-order chi connectivity index (χ1) is 12.0. The van der Waals surface area contributed by atoms with Gasteiger partial charge >= 0.3 is 0 Å². The minimum atomic E-state index is -2.64. The van der Waals surface area contributed by atoms with Crippen LogP contribution in [0.1, 0.15) is 24.4 Å². The van der Waals surface area contributed by atoms with Gasteiger partial charge in [-0.15, -0.1) is 0 Å². The van der Waals surface area contributed by atoms with Gasteiger partial charge in [-0.05, 0) is 37.6 Å². The van der Waals surface area contributed by atoms with E-state index in [9.17, 15) is 8.78 Å². The van der Waals surface area contributed by atoms with E-state index in [4.69, 9.17) is 4.42 Å². The van der Waals surface area contributed by atoms with E-state index in [2.05, 4.69) is 9.88 Å². The molecule has 0 unspecified atom stereocenters. The van der Waals surface area contributed by atoms with Crippen molar-refractivity contribution >= 4 is 5.69 Å². The van der Waals surface area contributed by atoms with Crippen LogP contribution in [0.4, 0.5) is 14.5 Å². The molecule has 2 saturated heterocycles. The molecule has 0 aliphatic carbocycles. The number of pyridine rings is 1. The largest absolute Gasteiger partial charge is 0.465 e. The van der Waals surface area contributed by atoms with E-state index in [0.717, 1.165) is 17.2 Å². The molecule has 134 valence electrons. The van der Waals surface area contributed by atoms with Gasteiger partial charge < -0.3 is 9.32 Å². The standard InChI is InChI=1S/C19H23F2N3O/c1-15-4-5-17(25-15)12-23-9-7-19(20,21)18(13-23)6-10-24(14-18)16-3-2-8-22-11-16/h2-5,8,11H,6-7,9-10,12-14H2,1H3/t18-/m0/s1. The highest BCUT2D eigenvalue weighted by molar-refractivity contribution is 5.45. The molecule has 0 bridgehead atoms. The average molecular weight is 347 g/mol. The fourth-order valence-electron chi connectivity index (χ4n) is 4.17. The number of alkyl halides is 2. The maximum Gasteiger partial charge on any atom is 0.257 e. The van der Waals surface area contributed by atoms with Crippen LogP contribution in [-0.4, -0.2) is 42.0 Å². The van der Waals surface area contributed by atoms with E-state index in [0.29, 0.717) is 39.1 Å². The van der Waals surface area contributed by atoms with E-state index in [1.807, 2.05) is 36.1 Å². The van der Waals surface area contributed by atoms with Crippen molar-refractivity contribution in [2.75, 3.05) is 31.1 Å². The van der Waals surface area contributed by atoms with Gasteiger partial charge in [-0.3, -0.25) is 9.88 Å². The van der Waals surface area contributed by atoms with Crippen LogP contribution in [0.25, 0.3) is 0 Å². The number of likely N-dealkylation sites (tertiary alicyclic amines) is 1. The maximum absolute atomic E-state index is 14.9. The lowest BCUT2D eigenvalue weighted by Gasteiger charge is -2.45. The molecular formula is C19H23F2N3O. The fraction of sp³-hybridized carbons (Fsp3) is 0.526. The molecular weight excluding hydrogens is 324 g/mol. The first kappa shape index (κ1) is 16.5. The van der Waals surface area contributed by atoms with Crippen molar-refractivity contribution in [1.82, 2.24) is 9.88 Å². The molecule has 2 fully saturated rings. The summed E-state index contributed by atoms with van der Waals surface area (Å²) in [4.78, 5) is 8.28. The molecule has 2 aromatic heterocycles. The highest BCUT2D eigenvalue weighted by Crippen LogP contribution is 2.50. The number of halogens is 2. The second kappa shape index (κ2) is 6.09. The number of furan rings is 1. The Morgan fingerprint density at radius 1 is 1.16 bits per heavy atom. The van der Waals surface area contributed by atoms with E-state index in [1.165, 1.54) is 0 Å². The van der Waals surface area contributed by atoms with Crippen LogP contribution in [0, 0.1) is 12.3 Å². The Balaban J connectivity index is 1.52. The zero-order valence-corrected chi connectivity index (χ0v) is 14.4. The van der Waals surface area contributed by atoms with Crippen molar-refractivity contribution in [2.45, 2.75) is 32.2 Å². The summed E-state index contributed by atoms with van der Waals surface area (Å²) in [5.41, 5.74) is -0.0723. The zero-order valence-electron chi connectivity index (χ0n) is 14.4. The summed E-state index contributed by atoms with van der Waals surface area (Å²) in [6.45, 7) is 4.32. The Labute approximate surface area is 146 Å². The lowest BCUT2D eigenvalue weighted by atomic mass is 9.75. The van der Waals surface area contributed by atoms with Crippen LogP contribution in [0.2, 0.25) is 0 Å². The monoisotopic (exact) mass is 347 g/mol. The van der Waals surface area contributed by atoms with Crippen molar-refractivity contribution in [3.63, 3.8) is 0 Å². The minimum Gasteiger partial charge on any atom is -0.465 e. The van der Waals surface area contributed by atoms with Gasteiger partial charge in [-0.1, -0.05) is 0 Å². The fourth-order valence-corrected chi connectivity index (χ4v) is 4.17. The molecule has 4 heterocycles. The van der Waals surface area contributed by atoms with E-state index in [1.54, 1.807) is 12.4 Å². The predicted octanol–water partition coefficient (Wildman–Crippen LogP) is 3.72. The van der Waals surface area contributed by atoms with Crippen LogP contribution in [0.5, 0.6) is 0 Å². The molecule has 25 heavy (non-hydrogen) atoms. The second-order valence-electron chi connectivity index (χ2n) is 7.34. The highest BCUT2D eigenvalue weighted by atomic mass is 19.3. The number of piperidine rings is 1. The van der Waals surface area contributed by atoms with Gasteiger partial charge in [0.1, 0.15) is 11.5 Å². The molecule has 1 spiro atoms. The molecule has 0 N–H and O–H groups in total. The molecule has 0 radical (unpaired) electrons. The summed E-state index contributed by atoms with van der Waals surface area (Å²) in [6, 6.07) is 7.65. The highest BCUT2D eigenvalue weighted by Gasteiger charge is 2.59. The summed E-state index contributed by atoms with van der Waals surface area (Å²) in [5, 5.41) is 0. The molecule has 6 heteroatoms. The molecule has 2 aliphatic rings. The molecule has 2 aliphatic heterocycles. The molecule has 0 saturated carbocycles. The third-order valence-electron chi connectivity index (χ3n) is 5.58. The molecule has 2 aromatic rings. The number of anilines is 1. The number of hydrogen-bond acceptors (Lipinski definition) is 4. The molecule has 0 amide bonds. The molecule has 4 rings (SSSR count). The number of aryl methyl sites for hydroxylation is 1. The quantitative estimate of drug-likeness (QED) is 0.847. The van der Waals surface area contributed by atoms with Crippen molar-refractivity contribution < 1.29 is 13.2 Å². The lowest BCUT2D eigenvalue weighted by Crippen LogP contribution is -2.56. The topological polar surface area (TPSA) is 32.5 Å². The SMILES string of the molecule is Cc1ccc(CN2CCC(F)(F)[C@@]3(CCN(c4cccnc4)C3)C2)o1. The minimum absolute atomic E-state index is 0.0897. The van der Waals surface area contributed by atoms with Crippen LogP contribution >= 0.6 is 0 Å². The van der Waals surface area contributed by atoms with Crippen molar-refractivity contribution in [3.05, 3.63) is 48.2 Å². The van der Waals surface area contributed by atoms with Crippen molar-refractivity contribution in [3.8, 4) is 0 Å². The van der Waals surface area contributed by atoms with Crippen LogP contribution in [-0.2, 0) is 6.54 Å². The predicted molar refractivity (Wildman–Crippen MR) is 91.8 cm³/mol. The van der Waals surface area contributed by atoms with Gasteiger partial charge in [0.15, 0.2) is 0 Å². The Morgan fingerprint density at radius 3 is 2.76 bits per heavy atom. The first-order valence-electron chi connectivity index (χ1n) is 8.78. The van der Waals surface area contributed by atoms with Gasteiger partial charge in [0, 0.05) is 38.8 Å². The van der Waals surface area contributed by atoms with Gasteiger partial charge in [-0.2, -0.15) is 0 Å². The van der Waals surface area contributed by atoms with Gasteiger partial charge in [0.05, 0.1) is 23.8 Å². The number of rotatable bonds is 3. The summed E-state index contributed by atoms with van der Waals surface area (Å²) in [7, 11) is 0. The van der Waals surface area contributed by atoms with Crippen LogP contribution < -0.4 is 4.90 Å². The van der Waals surface area contributed by atoms with Crippen molar-refractivity contribution in [2.24, 2.45) is 5.41 Å². The van der Waals surface area contributed by atoms with E-state index >= 15 is 0 Å². The zero-order chi connectivity index (χ0) is 17.5. The second-order valence-corrected chi connectivity index (χ2v) is 7.34. The number of hydrogen-bond donors (Lipinski definition) is 0. The van der Waals surface area contributed by atoms with Gasteiger partial charge in [-0.25, -0.2) is 8.78 Å². The number of aromatic nitrogens is 1. The summed E-state index contributed by atoms with van der Waals surface area (Å²) in [5.74, 6) is -0.935. The van der Waals surface area contributed by atoms with Gasteiger partial charge in [0.25, 0.3) is 5.92 Å². The van der Waals surface area contributed by atoms with Crippen LogP contribution in [0.15, 0.2) is 41.1 Å². The van der Waals surface area contributed by atoms with E-state index in [-0.39, 0.29) is 6.42 Å². The molecule has 4 nitrogen and oxygen atoms in total. The number of nitrogens with zero attached hydrogens (tertiary/aromatic N) is 3. The summed E-state index contributed by atoms with van der Waals surface area (Å²) < 4.78 is 35.4. The normalized spacial score (nSPS) is 26.4. The maximum atomic E-state index is 14.9. The Hall–Kier alpha value is -1.95. The molecule has 1 atom stereocenters. The molecule has 0 aromatic carbocycles. The third-order valence-corrected chi connectivity index (χ3v) is 5.58.